The van der Waals surface area contributed by atoms with Crippen molar-refractivity contribution in [1.29, 1.82) is 5.41 Å². The average Bonchev–Trinajstić information content (AvgIpc) is 2.96. The number of imidazole rings is 1. The summed E-state index contributed by atoms with van der Waals surface area (Å²) >= 11 is 1.29. The second-order valence-electron chi connectivity index (χ2n) is 4.08. The summed E-state index contributed by atoms with van der Waals surface area (Å²) in [6.07, 6.45) is 3.22. The van der Waals surface area contributed by atoms with Crippen molar-refractivity contribution in [2.75, 3.05) is 0 Å². The van der Waals surface area contributed by atoms with Gasteiger partial charge in [0.1, 0.15) is 0 Å². The predicted octanol–water partition coefficient (Wildman–Crippen LogP) is 1.74. The Kier molecular flexibility index (Phi) is 3.57. The normalized spacial score (nSPS) is 11.6. The molecule has 0 aromatic carbocycles. The Hall–Kier alpha value is -2.28. The van der Waals surface area contributed by atoms with E-state index in [2.05, 4.69) is 14.3 Å². The Morgan fingerprint density at radius 2 is 2.32 bits per heavy atom. The summed E-state index contributed by atoms with van der Waals surface area (Å²) in [5.74, 6) is -0.491. The molecular formula is C12H13N5OS. The van der Waals surface area contributed by atoms with Gasteiger partial charge in [-0.3, -0.25) is 10.2 Å². The average molecular weight is 275 g/mol. The quantitative estimate of drug-likeness (QED) is 0.739. The summed E-state index contributed by atoms with van der Waals surface area (Å²) in [6.45, 7) is 3.72. The molecule has 2 rings (SSSR count). The van der Waals surface area contributed by atoms with E-state index >= 15 is 0 Å². The minimum absolute atomic E-state index is 0.114. The third-order valence-electron chi connectivity index (χ3n) is 2.49. The summed E-state index contributed by atoms with van der Waals surface area (Å²) < 4.78 is 4.14. The third-order valence-corrected chi connectivity index (χ3v) is 3.40. The first-order valence-electron chi connectivity index (χ1n) is 5.53. The van der Waals surface area contributed by atoms with E-state index in [1.165, 1.54) is 17.7 Å². The van der Waals surface area contributed by atoms with Crippen molar-refractivity contribution in [1.82, 2.24) is 14.3 Å². The number of aryl methyl sites for hydroxylation is 1. The van der Waals surface area contributed by atoms with Crippen LogP contribution in [0.3, 0.4) is 0 Å². The highest BCUT2D eigenvalue weighted by molar-refractivity contribution is 7.08. The second kappa shape index (κ2) is 5.15. The minimum Gasteiger partial charge on any atom is -0.363 e. The number of nitrogens with zero attached hydrogens (tertiary/aromatic N) is 2. The highest BCUT2D eigenvalue weighted by Gasteiger charge is 2.08. The fourth-order valence-corrected chi connectivity index (χ4v) is 2.18. The van der Waals surface area contributed by atoms with E-state index in [1.54, 1.807) is 6.08 Å². The predicted molar refractivity (Wildman–Crippen MR) is 74.4 cm³/mol. The van der Waals surface area contributed by atoms with Crippen LogP contribution in [-0.4, -0.2) is 26.0 Å². The molecule has 6 nitrogen and oxygen atoms in total. The van der Waals surface area contributed by atoms with Crippen LogP contribution in [0.25, 0.3) is 5.57 Å². The van der Waals surface area contributed by atoms with Crippen LogP contribution in [0.4, 0.5) is 0 Å². The van der Waals surface area contributed by atoms with Gasteiger partial charge >= 0.3 is 0 Å². The zero-order valence-corrected chi connectivity index (χ0v) is 11.3. The van der Waals surface area contributed by atoms with Gasteiger partial charge in [0.2, 0.25) is 0 Å². The van der Waals surface area contributed by atoms with Crippen LogP contribution in [0.1, 0.15) is 33.8 Å². The number of hydrogen-bond donors (Lipinski definition) is 3. The van der Waals surface area contributed by atoms with Crippen LogP contribution in [0.15, 0.2) is 18.3 Å². The Bertz CT molecular complexity index is 667. The molecule has 1 amide bonds. The second-order valence-corrected chi connectivity index (χ2v) is 4.89. The van der Waals surface area contributed by atoms with Gasteiger partial charge in [-0.1, -0.05) is 0 Å². The lowest BCUT2D eigenvalue weighted by Gasteiger charge is -1.97. The molecule has 0 saturated heterocycles. The fraction of sp³-hybridized carbons (Fsp3) is 0.167. The SMILES string of the molecule is C/C(=C/C(=N)c1cc(C)ns1)c1cnc(C(N)=O)[nH]1. The van der Waals surface area contributed by atoms with Gasteiger partial charge in [-0.25, -0.2) is 4.98 Å². The molecule has 0 aliphatic heterocycles. The van der Waals surface area contributed by atoms with Gasteiger partial charge in [0, 0.05) is 0 Å². The van der Waals surface area contributed by atoms with E-state index in [9.17, 15) is 4.79 Å². The Morgan fingerprint density at radius 3 is 2.84 bits per heavy atom. The fourth-order valence-electron chi connectivity index (χ4n) is 1.50. The zero-order chi connectivity index (χ0) is 14.0. The molecule has 0 fully saturated rings. The van der Waals surface area contributed by atoms with E-state index in [4.69, 9.17) is 11.1 Å². The van der Waals surface area contributed by atoms with E-state index in [1.807, 2.05) is 19.9 Å². The number of primary amides is 1. The lowest BCUT2D eigenvalue weighted by Crippen LogP contribution is -2.12. The first kappa shape index (κ1) is 13.2. The molecule has 0 atom stereocenters. The highest BCUT2D eigenvalue weighted by atomic mass is 32.1. The van der Waals surface area contributed by atoms with Crippen molar-refractivity contribution in [2.24, 2.45) is 5.73 Å². The summed E-state index contributed by atoms with van der Waals surface area (Å²) in [4.78, 5) is 18.4. The van der Waals surface area contributed by atoms with Crippen molar-refractivity contribution >= 4 is 28.7 Å². The molecule has 0 spiro atoms. The van der Waals surface area contributed by atoms with Crippen molar-refractivity contribution in [3.63, 3.8) is 0 Å². The third kappa shape index (κ3) is 2.94. The number of aromatic amines is 1. The van der Waals surface area contributed by atoms with Gasteiger partial charge in [0.25, 0.3) is 5.91 Å². The summed E-state index contributed by atoms with van der Waals surface area (Å²) in [7, 11) is 0. The molecule has 2 aromatic rings. The van der Waals surface area contributed by atoms with Crippen LogP contribution in [0.5, 0.6) is 0 Å². The molecule has 0 bridgehead atoms. The van der Waals surface area contributed by atoms with Gasteiger partial charge < -0.3 is 10.7 Å². The molecule has 4 N–H and O–H groups in total. The van der Waals surface area contributed by atoms with Crippen LogP contribution >= 0.6 is 11.5 Å². The van der Waals surface area contributed by atoms with Crippen LogP contribution in [0, 0.1) is 12.3 Å². The Balaban J connectivity index is 2.22. The zero-order valence-electron chi connectivity index (χ0n) is 10.5. The van der Waals surface area contributed by atoms with Crippen LogP contribution in [-0.2, 0) is 0 Å². The maximum atomic E-state index is 10.9. The number of amides is 1. The molecule has 7 heteroatoms. The molecule has 2 aromatic heterocycles. The minimum atomic E-state index is -0.604. The van der Waals surface area contributed by atoms with Crippen molar-refractivity contribution < 1.29 is 4.79 Å². The van der Waals surface area contributed by atoms with Gasteiger partial charge in [-0.15, -0.1) is 0 Å². The highest BCUT2D eigenvalue weighted by Crippen LogP contribution is 2.15. The lowest BCUT2D eigenvalue weighted by molar-refractivity contribution is 0.0991. The smallest absolute Gasteiger partial charge is 0.284 e. The molecule has 0 unspecified atom stereocenters. The summed E-state index contributed by atoms with van der Waals surface area (Å²) in [6, 6.07) is 1.86. The van der Waals surface area contributed by atoms with Crippen molar-refractivity contribution in [3.05, 3.63) is 40.4 Å². The Labute approximate surface area is 114 Å². The van der Waals surface area contributed by atoms with E-state index in [0.717, 1.165) is 16.1 Å². The first-order valence-corrected chi connectivity index (χ1v) is 6.30. The molecule has 0 aliphatic rings. The van der Waals surface area contributed by atoms with Gasteiger partial charge in [0.05, 0.1) is 28.2 Å². The molecule has 0 aliphatic carbocycles. The largest absolute Gasteiger partial charge is 0.363 e. The number of nitrogens with one attached hydrogen (secondary N) is 2. The van der Waals surface area contributed by atoms with Crippen LogP contribution in [0.2, 0.25) is 0 Å². The number of carbonyl (C=O) groups is 1. The summed E-state index contributed by atoms with van der Waals surface area (Å²) in [5.41, 5.74) is 7.86. The number of hydrogen-bond acceptors (Lipinski definition) is 5. The van der Waals surface area contributed by atoms with E-state index < -0.39 is 5.91 Å². The van der Waals surface area contributed by atoms with E-state index in [0.29, 0.717) is 11.4 Å². The standard InChI is InChI=1S/C12H13N5OS/c1-6(9-5-15-12(16-9)11(14)18)3-8(13)10-4-7(2)17-19-10/h3-5,13H,1-2H3,(H2,14,18)(H,15,16)/b6-3-,13-8?. The number of rotatable bonds is 4. The Morgan fingerprint density at radius 1 is 1.58 bits per heavy atom. The molecule has 98 valence electrons. The van der Waals surface area contributed by atoms with Crippen LogP contribution < -0.4 is 5.73 Å². The monoisotopic (exact) mass is 275 g/mol. The molecular weight excluding hydrogens is 262 g/mol. The molecule has 2 heterocycles. The first-order chi connectivity index (χ1) is 8.97. The number of carbonyl (C=O) groups excluding carboxylic acids is 1. The van der Waals surface area contributed by atoms with Crippen molar-refractivity contribution in [3.8, 4) is 0 Å². The number of allylic oxidation sites excluding steroid dienone is 2. The van der Waals surface area contributed by atoms with Crippen molar-refractivity contribution in [2.45, 2.75) is 13.8 Å². The number of H-pyrrole nitrogens is 1. The maximum absolute atomic E-state index is 10.9. The number of aromatic nitrogens is 3. The molecule has 0 radical (unpaired) electrons. The van der Waals surface area contributed by atoms with Gasteiger partial charge in [-0.2, -0.15) is 4.37 Å². The van der Waals surface area contributed by atoms with E-state index in [-0.39, 0.29) is 5.82 Å². The molecule has 19 heavy (non-hydrogen) atoms. The lowest BCUT2D eigenvalue weighted by atomic mass is 10.1. The van der Waals surface area contributed by atoms with Gasteiger partial charge in [0.15, 0.2) is 5.82 Å². The molecule has 0 saturated carbocycles. The maximum Gasteiger partial charge on any atom is 0.284 e. The number of nitrogens with two attached hydrogens (primary N) is 1. The van der Waals surface area contributed by atoms with Gasteiger partial charge in [-0.05, 0) is 43.1 Å². The summed E-state index contributed by atoms with van der Waals surface area (Å²) in [5, 5.41) is 7.98. The topological polar surface area (TPSA) is 109 Å².